The van der Waals surface area contributed by atoms with Gasteiger partial charge >= 0.3 is 5.97 Å². The zero-order valence-electron chi connectivity index (χ0n) is 10.0. The number of hydrogen-bond donors (Lipinski definition) is 3. The average Bonchev–Trinajstić information content (AvgIpc) is 2.39. The molecule has 0 aromatic carbocycles. The Morgan fingerprint density at radius 3 is 2.89 bits per heavy atom. The highest BCUT2D eigenvalue weighted by Gasteiger charge is 2.25. The van der Waals surface area contributed by atoms with Crippen LogP contribution in [-0.4, -0.2) is 34.4 Å². The number of nitrogens with one attached hydrogen (secondary N) is 2. The largest absolute Gasteiger partial charge is 0.478 e. The number of amides is 2. The van der Waals surface area contributed by atoms with E-state index in [1.54, 1.807) is 0 Å². The van der Waals surface area contributed by atoms with Gasteiger partial charge in [-0.2, -0.15) is 0 Å². The van der Waals surface area contributed by atoms with Crippen molar-refractivity contribution in [2.24, 2.45) is 5.92 Å². The Hall–Kier alpha value is -2.44. The summed E-state index contributed by atoms with van der Waals surface area (Å²) >= 11 is 0. The summed E-state index contributed by atoms with van der Waals surface area (Å²) in [5.41, 5.74) is -0.0595. The van der Waals surface area contributed by atoms with Gasteiger partial charge in [0.1, 0.15) is 11.4 Å². The van der Waals surface area contributed by atoms with Crippen LogP contribution >= 0.6 is 0 Å². The molecule has 7 heteroatoms. The van der Waals surface area contributed by atoms with Crippen molar-refractivity contribution < 1.29 is 19.5 Å². The summed E-state index contributed by atoms with van der Waals surface area (Å²) in [6, 6.07) is 2.85. The van der Waals surface area contributed by atoms with Gasteiger partial charge in [0.2, 0.25) is 11.8 Å². The highest BCUT2D eigenvalue weighted by Crippen LogP contribution is 2.16. The van der Waals surface area contributed by atoms with Crippen LogP contribution in [0.5, 0.6) is 0 Å². The number of carbonyl (C=O) groups excluding carboxylic acids is 2. The van der Waals surface area contributed by atoms with Gasteiger partial charge in [0.25, 0.3) is 0 Å². The van der Waals surface area contributed by atoms with Gasteiger partial charge in [-0.25, -0.2) is 9.78 Å². The topological polar surface area (TPSA) is 108 Å². The van der Waals surface area contributed by atoms with Crippen LogP contribution in [0.2, 0.25) is 0 Å². The third kappa shape index (κ3) is 3.06. The summed E-state index contributed by atoms with van der Waals surface area (Å²) in [6.45, 7) is 0.264. The van der Waals surface area contributed by atoms with E-state index in [9.17, 15) is 14.4 Å². The molecule has 3 N–H and O–H groups in total. The van der Waals surface area contributed by atoms with Crippen LogP contribution in [0.4, 0.5) is 5.82 Å². The average molecular weight is 263 g/mol. The second-order valence-electron chi connectivity index (χ2n) is 4.23. The molecule has 0 spiro atoms. The summed E-state index contributed by atoms with van der Waals surface area (Å²) < 4.78 is 0. The molecule has 1 aromatic heterocycles. The van der Waals surface area contributed by atoms with Crippen molar-refractivity contribution in [1.29, 1.82) is 0 Å². The third-order valence-electron chi connectivity index (χ3n) is 2.92. The predicted molar refractivity (Wildman–Crippen MR) is 65.6 cm³/mol. The minimum atomic E-state index is -1.15. The van der Waals surface area contributed by atoms with E-state index in [0.717, 1.165) is 0 Å². The van der Waals surface area contributed by atoms with E-state index in [1.807, 2.05) is 0 Å². The molecular formula is C12H13N3O4. The monoisotopic (exact) mass is 263 g/mol. The summed E-state index contributed by atoms with van der Waals surface area (Å²) in [7, 11) is 0. The Morgan fingerprint density at radius 1 is 1.47 bits per heavy atom. The van der Waals surface area contributed by atoms with E-state index < -0.39 is 5.97 Å². The number of pyridine rings is 1. The highest BCUT2D eigenvalue weighted by atomic mass is 16.4. The van der Waals surface area contributed by atoms with Gasteiger partial charge in [-0.05, 0) is 18.6 Å². The maximum Gasteiger partial charge on any atom is 0.339 e. The van der Waals surface area contributed by atoms with Crippen molar-refractivity contribution in [3.8, 4) is 0 Å². The molecule has 1 aliphatic heterocycles. The minimum Gasteiger partial charge on any atom is -0.478 e. The van der Waals surface area contributed by atoms with Gasteiger partial charge < -0.3 is 15.7 Å². The summed E-state index contributed by atoms with van der Waals surface area (Å²) in [5.74, 6) is -1.90. The van der Waals surface area contributed by atoms with Gasteiger partial charge in [-0.3, -0.25) is 9.59 Å². The Morgan fingerprint density at radius 2 is 2.26 bits per heavy atom. The van der Waals surface area contributed by atoms with Crippen molar-refractivity contribution in [1.82, 2.24) is 10.3 Å². The molecule has 0 saturated carbocycles. The fourth-order valence-corrected chi connectivity index (χ4v) is 1.85. The molecule has 1 unspecified atom stereocenters. The molecule has 2 heterocycles. The Kier molecular flexibility index (Phi) is 3.74. The van der Waals surface area contributed by atoms with Gasteiger partial charge in [-0.15, -0.1) is 0 Å². The number of hydrogen-bond acceptors (Lipinski definition) is 4. The lowest BCUT2D eigenvalue weighted by Crippen LogP contribution is -2.40. The highest BCUT2D eigenvalue weighted by molar-refractivity contribution is 6.00. The van der Waals surface area contributed by atoms with Gasteiger partial charge in [0, 0.05) is 19.2 Å². The van der Waals surface area contributed by atoms with Crippen LogP contribution in [0.25, 0.3) is 0 Å². The second-order valence-corrected chi connectivity index (χ2v) is 4.23. The van der Waals surface area contributed by atoms with Crippen molar-refractivity contribution in [3.05, 3.63) is 23.9 Å². The predicted octanol–water partition coefficient (Wildman–Crippen LogP) is 0.244. The van der Waals surface area contributed by atoms with Crippen LogP contribution in [0.1, 0.15) is 23.2 Å². The molecule has 1 saturated heterocycles. The van der Waals surface area contributed by atoms with Gasteiger partial charge in [0.05, 0.1) is 5.92 Å². The lowest BCUT2D eigenvalue weighted by atomic mass is 9.98. The van der Waals surface area contributed by atoms with Crippen molar-refractivity contribution in [3.63, 3.8) is 0 Å². The Bertz CT molecular complexity index is 519. The van der Waals surface area contributed by atoms with E-state index in [1.165, 1.54) is 18.3 Å². The smallest absolute Gasteiger partial charge is 0.339 e. The number of carbonyl (C=O) groups is 3. The SMILES string of the molecule is O=C1CCC(C(=O)Nc2ncccc2C(=O)O)CN1. The molecule has 2 amide bonds. The maximum absolute atomic E-state index is 12.0. The summed E-state index contributed by atoms with van der Waals surface area (Å²) in [4.78, 5) is 37.8. The van der Waals surface area contributed by atoms with E-state index >= 15 is 0 Å². The standard InChI is InChI=1S/C12H13N3O4/c16-9-4-3-7(6-14-9)11(17)15-10-8(12(18)19)2-1-5-13-10/h1-2,5,7H,3-4,6H2,(H,14,16)(H,18,19)(H,13,15,17). The van der Waals surface area contributed by atoms with Crippen LogP contribution in [0.3, 0.4) is 0 Å². The normalized spacial score (nSPS) is 18.5. The number of aromatic nitrogens is 1. The number of carboxylic acids is 1. The van der Waals surface area contributed by atoms with E-state index in [0.29, 0.717) is 12.8 Å². The zero-order chi connectivity index (χ0) is 13.8. The lowest BCUT2D eigenvalue weighted by molar-refractivity contribution is -0.126. The summed E-state index contributed by atoms with van der Waals surface area (Å²) in [5, 5.41) is 14.1. The quantitative estimate of drug-likeness (QED) is 0.724. The zero-order valence-corrected chi connectivity index (χ0v) is 10.0. The van der Waals surface area contributed by atoms with Crippen molar-refractivity contribution in [2.75, 3.05) is 11.9 Å². The fraction of sp³-hybridized carbons (Fsp3) is 0.333. The molecule has 0 radical (unpaired) electrons. The van der Waals surface area contributed by atoms with Crippen molar-refractivity contribution in [2.45, 2.75) is 12.8 Å². The molecule has 2 rings (SSSR count). The Labute approximate surface area is 109 Å². The third-order valence-corrected chi connectivity index (χ3v) is 2.92. The second kappa shape index (κ2) is 5.47. The van der Waals surface area contributed by atoms with E-state index in [-0.39, 0.29) is 35.7 Å². The van der Waals surface area contributed by atoms with Crippen LogP contribution in [0, 0.1) is 5.92 Å². The molecule has 1 fully saturated rings. The van der Waals surface area contributed by atoms with Gasteiger partial charge in [0.15, 0.2) is 0 Å². The Balaban J connectivity index is 2.07. The lowest BCUT2D eigenvalue weighted by Gasteiger charge is -2.21. The minimum absolute atomic E-state index is 0.0249. The molecule has 19 heavy (non-hydrogen) atoms. The molecule has 1 aromatic rings. The number of nitrogens with zero attached hydrogens (tertiary/aromatic N) is 1. The van der Waals surface area contributed by atoms with Crippen LogP contribution in [-0.2, 0) is 9.59 Å². The first-order valence-corrected chi connectivity index (χ1v) is 5.84. The number of rotatable bonds is 3. The molecule has 7 nitrogen and oxygen atoms in total. The summed E-state index contributed by atoms with van der Waals surface area (Å²) in [6.07, 6.45) is 2.16. The first kappa shape index (κ1) is 13.0. The number of anilines is 1. The maximum atomic E-state index is 12.0. The van der Waals surface area contributed by atoms with Crippen LogP contribution < -0.4 is 10.6 Å². The number of piperidine rings is 1. The molecule has 100 valence electrons. The first-order valence-electron chi connectivity index (χ1n) is 5.84. The molecule has 1 atom stereocenters. The number of aromatic carboxylic acids is 1. The molecule has 0 aliphatic carbocycles. The van der Waals surface area contributed by atoms with E-state index in [4.69, 9.17) is 5.11 Å². The van der Waals surface area contributed by atoms with Gasteiger partial charge in [-0.1, -0.05) is 0 Å². The molecule has 0 bridgehead atoms. The molecule has 1 aliphatic rings. The fourth-order valence-electron chi connectivity index (χ4n) is 1.85. The van der Waals surface area contributed by atoms with E-state index in [2.05, 4.69) is 15.6 Å². The van der Waals surface area contributed by atoms with Crippen molar-refractivity contribution >= 4 is 23.6 Å². The number of carboxylic acid groups (broad SMARTS) is 1. The molecular weight excluding hydrogens is 250 g/mol. The first-order chi connectivity index (χ1) is 9.08. The van der Waals surface area contributed by atoms with Crippen LogP contribution in [0.15, 0.2) is 18.3 Å².